The largest absolute Gasteiger partial charge is 0.339 e. The predicted molar refractivity (Wildman–Crippen MR) is 77.2 cm³/mol. The Bertz CT molecular complexity index is 375. The molecular weight excluding hydrogens is 236 g/mol. The van der Waals surface area contributed by atoms with E-state index in [0.717, 1.165) is 25.0 Å². The summed E-state index contributed by atoms with van der Waals surface area (Å²) < 4.78 is 0. The van der Waals surface area contributed by atoms with E-state index in [9.17, 15) is 0 Å². The number of anilines is 1. The van der Waals surface area contributed by atoms with Gasteiger partial charge in [-0.1, -0.05) is 12.8 Å². The standard InChI is InChI=1S/C15H24N4/c1-2-6-13(5-1)11-18-14-7-3-10-19(12-14)15-16-8-4-9-17-15/h4,8-9,13-14,18H,1-3,5-7,10-12H2. The van der Waals surface area contributed by atoms with E-state index >= 15 is 0 Å². The van der Waals surface area contributed by atoms with Gasteiger partial charge in [-0.3, -0.25) is 0 Å². The lowest BCUT2D eigenvalue weighted by Crippen LogP contribution is -2.47. The Balaban J connectivity index is 1.50. The number of aromatic nitrogens is 2. The summed E-state index contributed by atoms with van der Waals surface area (Å²) in [5.41, 5.74) is 0. The third-order valence-electron chi connectivity index (χ3n) is 4.43. The van der Waals surface area contributed by atoms with Gasteiger partial charge in [0.1, 0.15) is 0 Å². The number of hydrogen-bond acceptors (Lipinski definition) is 4. The molecule has 0 amide bonds. The summed E-state index contributed by atoms with van der Waals surface area (Å²) in [4.78, 5) is 11.0. The van der Waals surface area contributed by atoms with Gasteiger partial charge in [0.15, 0.2) is 0 Å². The number of nitrogens with zero attached hydrogens (tertiary/aromatic N) is 3. The zero-order valence-electron chi connectivity index (χ0n) is 11.6. The van der Waals surface area contributed by atoms with Crippen LogP contribution in [0.2, 0.25) is 0 Å². The molecule has 0 bridgehead atoms. The van der Waals surface area contributed by atoms with Crippen molar-refractivity contribution in [2.45, 2.75) is 44.6 Å². The van der Waals surface area contributed by atoms with Crippen LogP contribution in [0, 0.1) is 5.92 Å². The van der Waals surface area contributed by atoms with Crippen LogP contribution in [-0.4, -0.2) is 35.6 Å². The van der Waals surface area contributed by atoms with Crippen molar-refractivity contribution in [2.75, 3.05) is 24.5 Å². The Morgan fingerprint density at radius 1 is 1.11 bits per heavy atom. The first-order valence-corrected chi connectivity index (χ1v) is 7.67. The van der Waals surface area contributed by atoms with Crippen LogP contribution in [0.5, 0.6) is 0 Å². The van der Waals surface area contributed by atoms with E-state index in [1.807, 2.05) is 18.5 Å². The second-order valence-corrected chi connectivity index (χ2v) is 5.89. The monoisotopic (exact) mass is 260 g/mol. The molecule has 3 rings (SSSR count). The number of nitrogens with one attached hydrogen (secondary N) is 1. The first kappa shape index (κ1) is 12.9. The zero-order chi connectivity index (χ0) is 12.9. The molecule has 4 nitrogen and oxygen atoms in total. The highest BCUT2D eigenvalue weighted by atomic mass is 15.3. The molecule has 2 aliphatic rings. The Morgan fingerprint density at radius 2 is 1.89 bits per heavy atom. The first-order chi connectivity index (χ1) is 9.42. The van der Waals surface area contributed by atoms with E-state index in [2.05, 4.69) is 20.2 Å². The number of rotatable bonds is 4. The van der Waals surface area contributed by atoms with E-state index in [1.165, 1.54) is 45.1 Å². The van der Waals surface area contributed by atoms with Crippen LogP contribution < -0.4 is 10.2 Å². The van der Waals surface area contributed by atoms with Gasteiger partial charge in [0.2, 0.25) is 5.95 Å². The third-order valence-corrected chi connectivity index (χ3v) is 4.43. The molecule has 1 N–H and O–H groups in total. The fourth-order valence-corrected chi connectivity index (χ4v) is 3.33. The topological polar surface area (TPSA) is 41.1 Å². The summed E-state index contributed by atoms with van der Waals surface area (Å²) in [5, 5.41) is 3.77. The summed E-state index contributed by atoms with van der Waals surface area (Å²) in [5.74, 6) is 1.80. The molecule has 1 saturated carbocycles. The second-order valence-electron chi connectivity index (χ2n) is 5.89. The van der Waals surface area contributed by atoms with Crippen LogP contribution in [0.15, 0.2) is 18.5 Å². The molecule has 104 valence electrons. The molecule has 2 heterocycles. The minimum Gasteiger partial charge on any atom is -0.339 e. The molecule has 1 unspecified atom stereocenters. The van der Waals surface area contributed by atoms with Gasteiger partial charge >= 0.3 is 0 Å². The summed E-state index contributed by atoms with van der Waals surface area (Å²) in [6.07, 6.45) is 11.9. The van der Waals surface area contributed by atoms with Crippen molar-refractivity contribution < 1.29 is 0 Å². The molecule has 0 radical (unpaired) electrons. The Hall–Kier alpha value is -1.16. The quantitative estimate of drug-likeness (QED) is 0.901. The lowest BCUT2D eigenvalue weighted by molar-refractivity contribution is 0.381. The SMILES string of the molecule is c1cnc(N2CCCC(NCC3CCCC3)C2)nc1. The van der Waals surface area contributed by atoms with Crippen LogP contribution in [0.3, 0.4) is 0 Å². The number of piperidine rings is 1. The van der Waals surface area contributed by atoms with Gasteiger partial charge < -0.3 is 10.2 Å². The number of hydrogen-bond donors (Lipinski definition) is 1. The van der Waals surface area contributed by atoms with Crippen molar-refractivity contribution in [3.63, 3.8) is 0 Å². The molecule has 1 atom stereocenters. The minimum atomic E-state index is 0.609. The first-order valence-electron chi connectivity index (χ1n) is 7.67. The Morgan fingerprint density at radius 3 is 2.68 bits per heavy atom. The van der Waals surface area contributed by atoms with Gasteiger partial charge in [-0.05, 0) is 44.2 Å². The van der Waals surface area contributed by atoms with Gasteiger partial charge in [0.05, 0.1) is 0 Å². The zero-order valence-corrected chi connectivity index (χ0v) is 11.6. The fraction of sp³-hybridized carbons (Fsp3) is 0.733. The second kappa shape index (κ2) is 6.33. The third kappa shape index (κ3) is 3.44. The molecule has 1 aliphatic heterocycles. The molecule has 1 aromatic heterocycles. The lowest BCUT2D eigenvalue weighted by atomic mass is 10.0. The van der Waals surface area contributed by atoms with Crippen molar-refractivity contribution in [2.24, 2.45) is 5.92 Å². The molecule has 0 spiro atoms. The van der Waals surface area contributed by atoms with Gasteiger partial charge in [0, 0.05) is 31.5 Å². The van der Waals surface area contributed by atoms with Crippen LogP contribution in [-0.2, 0) is 0 Å². The van der Waals surface area contributed by atoms with Crippen molar-refractivity contribution >= 4 is 5.95 Å². The van der Waals surface area contributed by atoms with E-state index in [0.29, 0.717) is 6.04 Å². The van der Waals surface area contributed by atoms with Crippen LogP contribution >= 0.6 is 0 Å². The molecular formula is C15H24N4. The maximum Gasteiger partial charge on any atom is 0.225 e. The van der Waals surface area contributed by atoms with Crippen molar-refractivity contribution in [3.05, 3.63) is 18.5 Å². The van der Waals surface area contributed by atoms with Gasteiger partial charge in [-0.2, -0.15) is 0 Å². The highest BCUT2D eigenvalue weighted by molar-refractivity contribution is 5.29. The Kier molecular flexibility index (Phi) is 4.28. The summed E-state index contributed by atoms with van der Waals surface area (Å²) in [6, 6.07) is 2.49. The molecule has 2 fully saturated rings. The molecule has 1 saturated heterocycles. The van der Waals surface area contributed by atoms with Crippen LogP contribution in [0.1, 0.15) is 38.5 Å². The minimum absolute atomic E-state index is 0.609. The highest BCUT2D eigenvalue weighted by Crippen LogP contribution is 2.24. The average molecular weight is 260 g/mol. The van der Waals surface area contributed by atoms with Crippen molar-refractivity contribution in [1.29, 1.82) is 0 Å². The van der Waals surface area contributed by atoms with Crippen LogP contribution in [0.25, 0.3) is 0 Å². The van der Waals surface area contributed by atoms with Crippen molar-refractivity contribution in [3.8, 4) is 0 Å². The van der Waals surface area contributed by atoms with Crippen LogP contribution in [0.4, 0.5) is 5.95 Å². The molecule has 1 aliphatic carbocycles. The van der Waals surface area contributed by atoms with E-state index in [1.54, 1.807) is 0 Å². The van der Waals surface area contributed by atoms with Gasteiger partial charge in [-0.25, -0.2) is 9.97 Å². The maximum absolute atomic E-state index is 4.36. The highest BCUT2D eigenvalue weighted by Gasteiger charge is 2.22. The van der Waals surface area contributed by atoms with Gasteiger partial charge in [0.25, 0.3) is 0 Å². The normalized spacial score (nSPS) is 24.8. The average Bonchev–Trinajstić information content (AvgIpc) is 3.00. The van der Waals surface area contributed by atoms with E-state index in [-0.39, 0.29) is 0 Å². The Labute approximate surface area is 115 Å². The molecule has 0 aromatic carbocycles. The van der Waals surface area contributed by atoms with Crippen molar-refractivity contribution in [1.82, 2.24) is 15.3 Å². The summed E-state index contributed by atoms with van der Waals surface area (Å²) in [7, 11) is 0. The molecule has 19 heavy (non-hydrogen) atoms. The van der Waals surface area contributed by atoms with Gasteiger partial charge in [-0.15, -0.1) is 0 Å². The summed E-state index contributed by atoms with van der Waals surface area (Å²) in [6.45, 7) is 3.34. The maximum atomic E-state index is 4.36. The molecule has 1 aromatic rings. The lowest BCUT2D eigenvalue weighted by Gasteiger charge is -2.33. The van der Waals surface area contributed by atoms with E-state index < -0.39 is 0 Å². The molecule has 4 heteroatoms. The summed E-state index contributed by atoms with van der Waals surface area (Å²) >= 11 is 0. The smallest absolute Gasteiger partial charge is 0.225 e. The predicted octanol–water partition coefficient (Wildman–Crippen LogP) is 2.23. The van der Waals surface area contributed by atoms with E-state index in [4.69, 9.17) is 0 Å². The fourth-order valence-electron chi connectivity index (χ4n) is 3.33.